The van der Waals surface area contributed by atoms with Crippen LogP contribution in [0.15, 0.2) is 42.6 Å². The molecule has 0 bridgehead atoms. The topological polar surface area (TPSA) is 24.9 Å². The second-order valence-corrected chi connectivity index (χ2v) is 5.58. The van der Waals surface area contributed by atoms with Crippen molar-refractivity contribution in [3.8, 4) is 0 Å². The maximum atomic E-state index is 5.87. The van der Waals surface area contributed by atoms with Crippen LogP contribution in [0, 0.1) is 0 Å². The molecule has 1 heterocycles. The molecule has 1 N–H and O–H groups in total. The molecule has 0 spiro atoms. The second-order valence-electron chi connectivity index (χ2n) is 4.16. The highest BCUT2D eigenvalue weighted by atomic mass is 35.5. The Morgan fingerprint density at radius 3 is 2.68 bits per heavy atom. The van der Waals surface area contributed by atoms with Crippen molar-refractivity contribution in [2.75, 3.05) is 11.9 Å². The zero-order chi connectivity index (χ0) is 13.5. The van der Waals surface area contributed by atoms with Crippen LogP contribution in [0.4, 0.5) is 5.82 Å². The van der Waals surface area contributed by atoms with E-state index in [1.165, 1.54) is 11.1 Å². The Labute approximate surface area is 123 Å². The second kappa shape index (κ2) is 7.41. The highest BCUT2D eigenvalue weighted by Crippen LogP contribution is 2.22. The summed E-state index contributed by atoms with van der Waals surface area (Å²) in [6, 6.07) is 12.1. The molecule has 0 aliphatic heterocycles. The number of pyridine rings is 1. The van der Waals surface area contributed by atoms with Gasteiger partial charge in [-0.3, -0.25) is 0 Å². The van der Waals surface area contributed by atoms with E-state index >= 15 is 0 Å². The highest BCUT2D eigenvalue weighted by Gasteiger charge is 2.02. The fraction of sp³-hybridized carbons (Fsp3) is 0.267. The zero-order valence-electron chi connectivity index (χ0n) is 10.9. The van der Waals surface area contributed by atoms with Crippen LogP contribution in [0.5, 0.6) is 0 Å². The van der Waals surface area contributed by atoms with Gasteiger partial charge in [-0.15, -0.1) is 0 Å². The van der Waals surface area contributed by atoms with Crippen molar-refractivity contribution in [1.82, 2.24) is 4.98 Å². The number of nitrogens with zero attached hydrogens (tertiary/aromatic N) is 1. The molecule has 100 valence electrons. The summed E-state index contributed by atoms with van der Waals surface area (Å²) < 4.78 is 0. The quantitative estimate of drug-likeness (QED) is 0.842. The lowest BCUT2D eigenvalue weighted by Crippen LogP contribution is -2.02. The molecular weight excluding hydrogens is 276 g/mol. The number of thioether (sulfide) groups is 1. The van der Waals surface area contributed by atoms with Gasteiger partial charge >= 0.3 is 0 Å². The van der Waals surface area contributed by atoms with E-state index in [-0.39, 0.29) is 0 Å². The summed E-state index contributed by atoms with van der Waals surface area (Å²) in [6.45, 7) is 2.98. The number of benzene rings is 1. The normalized spacial score (nSPS) is 10.4. The summed E-state index contributed by atoms with van der Waals surface area (Å²) >= 11 is 7.76. The number of aromatic nitrogens is 1. The summed E-state index contributed by atoms with van der Waals surface area (Å²) in [5.41, 5.74) is 2.55. The average molecular weight is 293 g/mol. The van der Waals surface area contributed by atoms with Crippen LogP contribution in [0.25, 0.3) is 0 Å². The van der Waals surface area contributed by atoms with Crippen LogP contribution in [0.2, 0.25) is 5.02 Å². The minimum atomic E-state index is 0.787. The van der Waals surface area contributed by atoms with E-state index in [0.29, 0.717) is 0 Å². The Morgan fingerprint density at radius 1 is 1.16 bits per heavy atom. The molecule has 0 fully saturated rings. The molecule has 19 heavy (non-hydrogen) atoms. The summed E-state index contributed by atoms with van der Waals surface area (Å²) in [6.07, 6.45) is 1.82. The molecule has 0 aliphatic carbocycles. The molecule has 0 atom stereocenters. The molecule has 0 saturated heterocycles. The summed E-state index contributed by atoms with van der Waals surface area (Å²) in [7, 11) is 0. The number of rotatable bonds is 6. The Morgan fingerprint density at radius 2 is 1.95 bits per heavy atom. The van der Waals surface area contributed by atoms with E-state index < -0.39 is 0 Å². The monoisotopic (exact) mass is 292 g/mol. The summed E-state index contributed by atoms with van der Waals surface area (Å²) in [5, 5.41) is 4.08. The molecule has 0 amide bonds. The van der Waals surface area contributed by atoms with Gasteiger partial charge in [0.1, 0.15) is 5.82 Å². The predicted octanol–water partition coefficient (Wildman–Crippen LogP) is 4.60. The lowest BCUT2D eigenvalue weighted by atomic mass is 10.2. The van der Waals surface area contributed by atoms with Crippen LogP contribution >= 0.6 is 23.4 Å². The van der Waals surface area contributed by atoms with E-state index in [9.17, 15) is 0 Å². The third-order valence-electron chi connectivity index (χ3n) is 2.68. The third kappa shape index (κ3) is 4.44. The van der Waals surface area contributed by atoms with Crippen molar-refractivity contribution in [1.29, 1.82) is 0 Å². The van der Waals surface area contributed by atoms with Crippen molar-refractivity contribution in [3.63, 3.8) is 0 Å². The molecule has 0 aliphatic rings. The first kappa shape index (κ1) is 14.2. The standard InChI is InChI=1S/C15H17ClN2S/c1-2-17-15-13(4-3-9-18-15)11-19-10-12-5-7-14(16)8-6-12/h3-9H,2,10-11H2,1H3,(H,17,18). The van der Waals surface area contributed by atoms with Gasteiger partial charge in [-0.25, -0.2) is 4.98 Å². The fourth-order valence-corrected chi connectivity index (χ4v) is 2.85. The molecule has 0 saturated carbocycles. The number of hydrogen-bond acceptors (Lipinski definition) is 3. The molecular formula is C15H17ClN2S. The number of hydrogen-bond donors (Lipinski definition) is 1. The van der Waals surface area contributed by atoms with Crippen LogP contribution in [0.3, 0.4) is 0 Å². The van der Waals surface area contributed by atoms with Gasteiger partial charge in [-0.05, 0) is 30.7 Å². The lowest BCUT2D eigenvalue weighted by molar-refractivity contribution is 1.13. The van der Waals surface area contributed by atoms with E-state index in [4.69, 9.17) is 11.6 Å². The van der Waals surface area contributed by atoms with Crippen LogP contribution in [-0.2, 0) is 11.5 Å². The maximum absolute atomic E-state index is 5.87. The molecule has 4 heteroatoms. The first-order chi connectivity index (χ1) is 9.29. The van der Waals surface area contributed by atoms with Crippen LogP contribution in [-0.4, -0.2) is 11.5 Å². The molecule has 1 aromatic carbocycles. The summed E-state index contributed by atoms with van der Waals surface area (Å²) in [5.74, 6) is 2.93. The number of anilines is 1. The van der Waals surface area contributed by atoms with Crippen molar-refractivity contribution >= 4 is 29.2 Å². The molecule has 2 aromatic rings. The predicted molar refractivity (Wildman–Crippen MR) is 84.9 cm³/mol. The van der Waals surface area contributed by atoms with Crippen molar-refractivity contribution < 1.29 is 0 Å². The van der Waals surface area contributed by atoms with Gasteiger partial charge in [0.25, 0.3) is 0 Å². The van der Waals surface area contributed by atoms with Crippen molar-refractivity contribution in [3.05, 3.63) is 58.7 Å². The molecule has 2 rings (SSSR count). The average Bonchev–Trinajstić information content (AvgIpc) is 2.43. The van der Waals surface area contributed by atoms with Gasteiger partial charge in [-0.2, -0.15) is 11.8 Å². The van der Waals surface area contributed by atoms with Gasteiger partial charge in [0.05, 0.1) is 0 Å². The Kier molecular flexibility index (Phi) is 5.55. The molecule has 1 aromatic heterocycles. The number of nitrogens with one attached hydrogen (secondary N) is 1. The van der Waals surface area contributed by atoms with E-state index in [1.807, 2.05) is 36.2 Å². The van der Waals surface area contributed by atoms with Gasteiger partial charge in [0, 0.05) is 34.8 Å². The summed E-state index contributed by atoms with van der Waals surface area (Å²) in [4.78, 5) is 4.36. The van der Waals surface area contributed by atoms with Gasteiger partial charge in [0.15, 0.2) is 0 Å². The smallest absolute Gasteiger partial charge is 0.129 e. The Bertz CT molecular complexity index is 514. The van der Waals surface area contributed by atoms with Gasteiger partial charge in [0.2, 0.25) is 0 Å². The maximum Gasteiger partial charge on any atom is 0.129 e. The van der Waals surface area contributed by atoms with E-state index in [2.05, 4.69) is 35.4 Å². The van der Waals surface area contributed by atoms with E-state index in [1.54, 1.807) is 0 Å². The van der Waals surface area contributed by atoms with Crippen molar-refractivity contribution in [2.45, 2.75) is 18.4 Å². The first-order valence-corrected chi connectivity index (χ1v) is 7.83. The third-order valence-corrected chi connectivity index (χ3v) is 3.98. The van der Waals surface area contributed by atoms with Gasteiger partial charge in [-0.1, -0.05) is 29.8 Å². The van der Waals surface area contributed by atoms with Crippen LogP contribution in [0.1, 0.15) is 18.1 Å². The fourth-order valence-electron chi connectivity index (χ4n) is 1.74. The molecule has 0 unspecified atom stereocenters. The molecule has 0 radical (unpaired) electrons. The highest BCUT2D eigenvalue weighted by molar-refractivity contribution is 7.97. The minimum Gasteiger partial charge on any atom is -0.370 e. The Balaban J connectivity index is 1.90. The van der Waals surface area contributed by atoms with E-state index in [0.717, 1.165) is 28.9 Å². The number of halogens is 1. The first-order valence-electron chi connectivity index (χ1n) is 6.29. The van der Waals surface area contributed by atoms with Crippen molar-refractivity contribution in [2.24, 2.45) is 0 Å². The van der Waals surface area contributed by atoms with Crippen LogP contribution < -0.4 is 5.32 Å². The lowest BCUT2D eigenvalue weighted by Gasteiger charge is -2.09. The minimum absolute atomic E-state index is 0.787. The SMILES string of the molecule is CCNc1ncccc1CSCc1ccc(Cl)cc1. The zero-order valence-corrected chi connectivity index (χ0v) is 12.5. The largest absolute Gasteiger partial charge is 0.370 e. The molecule has 2 nitrogen and oxygen atoms in total. The van der Waals surface area contributed by atoms with Gasteiger partial charge < -0.3 is 5.32 Å². The Hall–Kier alpha value is -1.19.